The number of amides is 4. The van der Waals surface area contributed by atoms with Gasteiger partial charge < -0.3 is 9.47 Å². The highest BCUT2D eigenvalue weighted by Gasteiger charge is 2.38. The molecule has 0 aromatic heterocycles. The summed E-state index contributed by atoms with van der Waals surface area (Å²) in [5, 5.41) is 0. The van der Waals surface area contributed by atoms with E-state index in [0.717, 1.165) is 27.5 Å². The highest BCUT2D eigenvalue weighted by atomic mass is 32.2. The Kier molecular flexibility index (Phi) is 8.76. The molecule has 7 rings (SSSR count). The average Bonchev–Trinajstić information content (AvgIpc) is 3.49. The molecule has 0 unspecified atom stereocenters. The number of aryl methyl sites for hydroxylation is 1. The van der Waals surface area contributed by atoms with Crippen molar-refractivity contribution >= 4 is 49.6 Å². The van der Waals surface area contributed by atoms with Crippen LogP contribution in [-0.4, -0.2) is 61.5 Å². The van der Waals surface area contributed by atoms with Gasteiger partial charge in [0.1, 0.15) is 32.8 Å². The van der Waals surface area contributed by atoms with Crippen molar-refractivity contribution in [3.63, 3.8) is 0 Å². The smallest absolute Gasteiger partial charge is 0.298 e. The lowest BCUT2D eigenvalue weighted by Crippen LogP contribution is -2.29. The number of anilines is 1. The van der Waals surface area contributed by atoms with Crippen LogP contribution >= 0.6 is 0 Å². The van der Waals surface area contributed by atoms with E-state index in [-0.39, 0.29) is 56.4 Å². The average molecular weight is 783 g/mol. The lowest BCUT2D eigenvalue weighted by Gasteiger charge is -2.28. The standard InChI is InChI=1S/C39H30N2O12S2/c1-21-6-5-7-24(16-21)41-37(44)28-13-11-26(20-30(28)38(41)45)53-32-15-9-23(18-34(32)55(49,50)51)39(2,3)22-8-14-31(33(17-22)54(46,47)48)52-25-10-12-27-29(19-25)36(43)40(4)35(27)42/h5-20H,1-4H3,(H,46,47,48)(H,49,50,51). The number of ether oxygens (including phenoxy) is 2. The molecule has 2 aliphatic heterocycles. The van der Waals surface area contributed by atoms with E-state index >= 15 is 0 Å². The molecule has 0 fully saturated rings. The second kappa shape index (κ2) is 13.0. The molecule has 2 N–H and O–H groups in total. The van der Waals surface area contributed by atoms with Gasteiger partial charge in [0, 0.05) is 12.5 Å². The van der Waals surface area contributed by atoms with E-state index in [4.69, 9.17) is 9.47 Å². The maximum absolute atomic E-state index is 13.3. The molecule has 2 aliphatic rings. The molecule has 0 saturated heterocycles. The number of nitrogens with zero attached hydrogens (tertiary/aromatic N) is 2. The van der Waals surface area contributed by atoms with Crippen molar-refractivity contribution in [2.24, 2.45) is 0 Å². The third kappa shape index (κ3) is 6.54. The van der Waals surface area contributed by atoms with Crippen molar-refractivity contribution in [1.29, 1.82) is 0 Å². The van der Waals surface area contributed by atoms with E-state index in [1.54, 1.807) is 32.0 Å². The second-order valence-electron chi connectivity index (χ2n) is 13.5. The van der Waals surface area contributed by atoms with Gasteiger partial charge in [-0.1, -0.05) is 38.1 Å². The minimum Gasteiger partial charge on any atom is -0.456 e. The van der Waals surface area contributed by atoms with Gasteiger partial charge in [-0.3, -0.25) is 33.2 Å². The Morgan fingerprint density at radius 2 is 1.02 bits per heavy atom. The first kappa shape index (κ1) is 37.1. The SMILES string of the molecule is Cc1cccc(N2C(=O)c3ccc(Oc4ccc(C(C)(C)c5ccc(Oc6ccc7c(c6)C(=O)N(C)C7=O)c(S(=O)(=O)O)c5)cc4S(=O)(=O)O)cc3C2=O)c1. The Morgan fingerprint density at radius 3 is 1.51 bits per heavy atom. The molecule has 14 nitrogen and oxygen atoms in total. The fraction of sp³-hybridized carbons (Fsp3) is 0.128. The lowest BCUT2D eigenvalue weighted by molar-refractivity contribution is 0.0691. The number of fused-ring (bicyclic) bond motifs is 2. The molecule has 0 spiro atoms. The maximum Gasteiger partial charge on any atom is 0.298 e. The van der Waals surface area contributed by atoms with Crippen LogP contribution in [-0.2, 0) is 25.7 Å². The van der Waals surface area contributed by atoms with Gasteiger partial charge in [-0.15, -0.1) is 0 Å². The van der Waals surface area contributed by atoms with Gasteiger partial charge in [0.2, 0.25) is 0 Å². The summed E-state index contributed by atoms with van der Waals surface area (Å²) < 4.78 is 82.7. The van der Waals surface area contributed by atoms with Crippen LogP contribution in [0, 0.1) is 6.92 Å². The molecule has 5 aromatic carbocycles. The molecule has 0 bridgehead atoms. The predicted octanol–water partition coefficient (Wildman–Crippen LogP) is 6.43. The Hall–Kier alpha value is -6.20. The van der Waals surface area contributed by atoms with Gasteiger partial charge in [-0.25, -0.2) is 4.90 Å². The van der Waals surface area contributed by atoms with Gasteiger partial charge in [-0.2, -0.15) is 16.8 Å². The normalized spacial score (nSPS) is 14.4. The first-order chi connectivity index (χ1) is 25.8. The molecule has 0 atom stereocenters. The summed E-state index contributed by atoms with van der Waals surface area (Å²) in [5.41, 5.74) is 0.958. The molecular weight excluding hydrogens is 753 g/mol. The Labute approximate surface area is 315 Å². The number of benzene rings is 5. The number of rotatable bonds is 9. The largest absolute Gasteiger partial charge is 0.456 e. The fourth-order valence-electron chi connectivity index (χ4n) is 6.47. The van der Waals surface area contributed by atoms with Crippen molar-refractivity contribution in [3.8, 4) is 23.0 Å². The van der Waals surface area contributed by atoms with Crippen molar-refractivity contribution in [1.82, 2.24) is 4.90 Å². The van der Waals surface area contributed by atoms with Gasteiger partial charge in [0.05, 0.1) is 27.9 Å². The zero-order chi connectivity index (χ0) is 39.8. The van der Waals surface area contributed by atoms with Crippen LogP contribution in [0.4, 0.5) is 5.69 Å². The molecular formula is C39H30N2O12S2. The highest BCUT2D eigenvalue weighted by Crippen LogP contribution is 2.41. The van der Waals surface area contributed by atoms with Crippen LogP contribution in [0.2, 0.25) is 0 Å². The third-order valence-electron chi connectivity index (χ3n) is 9.52. The lowest BCUT2D eigenvalue weighted by atomic mass is 9.78. The summed E-state index contributed by atoms with van der Waals surface area (Å²) >= 11 is 0. The summed E-state index contributed by atoms with van der Waals surface area (Å²) in [7, 11) is -8.54. The molecule has 4 amide bonds. The summed E-state index contributed by atoms with van der Waals surface area (Å²) in [6.45, 7) is 5.11. The van der Waals surface area contributed by atoms with E-state index in [9.17, 15) is 45.1 Å². The Bertz CT molecular complexity index is 2760. The summed E-state index contributed by atoms with van der Waals surface area (Å²) in [5.74, 6) is -2.80. The monoisotopic (exact) mass is 782 g/mol. The maximum atomic E-state index is 13.3. The van der Waals surface area contributed by atoms with Crippen LogP contribution in [0.15, 0.2) is 107 Å². The van der Waals surface area contributed by atoms with E-state index in [2.05, 4.69) is 0 Å². The van der Waals surface area contributed by atoms with E-state index in [0.29, 0.717) is 5.69 Å². The van der Waals surface area contributed by atoms with Gasteiger partial charge in [0.25, 0.3) is 43.9 Å². The topological polar surface area (TPSA) is 202 Å². The first-order valence-corrected chi connectivity index (χ1v) is 19.3. The molecule has 55 heavy (non-hydrogen) atoms. The fourth-order valence-corrected chi connectivity index (χ4v) is 7.75. The van der Waals surface area contributed by atoms with Crippen molar-refractivity contribution in [2.75, 3.05) is 11.9 Å². The Balaban J connectivity index is 1.20. The second-order valence-corrected chi connectivity index (χ2v) is 16.3. The van der Waals surface area contributed by atoms with E-state index in [1.165, 1.54) is 67.7 Å². The number of hydrogen-bond donors (Lipinski definition) is 2. The summed E-state index contributed by atoms with van der Waals surface area (Å²) in [6, 6.07) is 22.7. The van der Waals surface area contributed by atoms with Crippen molar-refractivity contribution in [3.05, 3.63) is 136 Å². The minimum atomic E-state index is -4.94. The zero-order valence-corrected chi connectivity index (χ0v) is 31.1. The quantitative estimate of drug-likeness (QED) is 0.123. The van der Waals surface area contributed by atoms with Crippen LogP contribution in [0.5, 0.6) is 23.0 Å². The van der Waals surface area contributed by atoms with Crippen LogP contribution < -0.4 is 14.4 Å². The number of carbonyl (C=O) groups is 4. The van der Waals surface area contributed by atoms with Gasteiger partial charge in [0.15, 0.2) is 0 Å². The third-order valence-corrected chi connectivity index (χ3v) is 11.3. The minimum absolute atomic E-state index is 0.00245. The number of carbonyl (C=O) groups excluding carboxylic acids is 4. The molecule has 280 valence electrons. The molecule has 0 saturated carbocycles. The van der Waals surface area contributed by atoms with Crippen molar-refractivity contribution < 1.29 is 54.6 Å². The predicted molar refractivity (Wildman–Crippen MR) is 196 cm³/mol. The molecule has 0 radical (unpaired) electrons. The van der Waals surface area contributed by atoms with Crippen LogP contribution in [0.25, 0.3) is 0 Å². The van der Waals surface area contributed by atoms with Gasteiger partial charge >= 0.3 is 0 Å². The molecule has 5 aromatic rings. The number of hydrogen-bond acceptors (Lipinski definition) is 10. The van der Waals surface area contributed by atoms with Crippen molar-refractivity contribution in [2.45, 2.75) is 36.0 Å². The van der Waals surface area contributed by atoms with E-state index in [1.807, 2.05) is 13.0 Å². The first-order valence-electron chi connectivity index (χ1n) is 16.4. The van der Waals surface area contributed by atoms with Crippen LogP contribution in [0.3, 0.4) is 0 Å². The zero-order valence-electron chi connectivity index (χ0n) is 29.4. The van der Waals surface area contributed by atoms with Crippen LogP contribution in [0.1, 0.15) is 72.0 Å². The summed E-state index contributed by atoms with van der Waals surface area (Å²) in [4.78, 5) is 51.9. The Morgan fingerprint density at radius 1 is 0.564 bits per heavy atom. The molecule has 16 heteroatoms. The molecule has 0 aliphatic carbocycles. The van der Waals surface area contributed by atoms with Gasteiger partial charge in [-0.05, 0) is 96.4 Å². The van der Waals surface area contributed by atoms with E-state index < -0.39 is 59.1 Å². The highest BCUT2D eigenvalue weighted by molar-refractivity contribution is 7.86. The molecule has 2 heterocycles. The number of imide groups is 2. The summed E-state index contributed by atoms with van der Waals surface area (Å²) in [6.07, 6.45) is 0.